The summed E-state index contributed by atoms with van der Waals surface area (Å²) in [5.41, 5.74) is 1.98. The van der Waals surface area contributed by atoms with Crippen molar-refractivity contribution in [3.05, 3.63) is 94.0 Å². The molecule has 3 rings (SSSR count). The highest BCUT2D eigenvalue weighted by Crippen LogP contribution is 2.26. The Bertz CT molecular complexity index is 865. The zero-order valence-corrected chi connectivity index (χ0v) is 14.7. The number of ether oxygens (including phenoxy) is 1. The van der Waals surface area contributed by atoms with Crippen molar-refractivity contribution >= 4 is 34.8 Å². The van der Waals surface area contributed by atoms with Gasteiger partial charge in [-0.1, -0.05) is 53.5 Å². The van der Waals surface area contributed by atoms with Crippen LogP contribution in [0, 0.1) is 0 Å². The van der Waals surface area contributed by atoms with Crippen LogP contribution in [0.15, 0.2) is 72.8 Å². The first kappa shape index (κ1) is 17.3. The minimum Gasteiger partial charge on any atom is -0.489 e. The summed E-state index contributed by atoms with van der Waals surface area (Å²) in [6.45, 7) is 0.437. The summed E-state index contributed by atoms with van der Waals surface area (Å²) >= 11 is 12.0. The molecule has 0 heterocycles. The normalized spacial score (nSPS) is 10.3. The molecular formula is C20H15Cl2NO2. The molecule has 0 fully saturated rings. The van der Waals surface area contributed by atoms with Gasteiger partial charge >= 0.3 is 0 Å². The van der Waals surface area contributed by atoms with Crippen LogP contribution in [-0.4, -0.2) is 5.91 Å². The molecule has 0 radical (unpaired) electrons. The van der Waals surface area contributed by atoms with E-state index in [4.69, 9.17) is 27.9 Å². The summed E-state index contributed by atoms with van der Waals surface area (Å²) in [5.74, 6) is 0.555. The Hall–Kier alpha value is -2.49. The van der Waals surface area contributed by atoms with E-state index in [1.807, 2.05) is 42.5 Å². The van der Waals surface area contributed by atoms with Crippen molar-refractivity contribution in [3.63, 3.8) is 0 Å². The monoisotopic (exact) mass is 371 g/mol. The summed E-state index contributed by atoms with van der Waals surface area (Å²) in [7, 11) is 0. The molecule has 0 saturated carbocycles. The van der Waals surface area contributed by atoms with Gasteiger partial charge in [-0.2, -0.15) is 0 Å². The van der Waals surface area contributed by atoms with E-state index in [-0.39, 0.29) is 5.91 Å². The predicted octanol–water partition coefficient (Wildman–Crippen LogP) is 5.82. The standard InChI is InChI=1S/C20H15Cl2NO2/c21-16-10-11-18(22)19(12-16)23-20(24)15-8-6-14(7-9-15)13-25-17-4-2-1-3-5-17/h1-12H,13H2,(H,23,24). The Kier molecular flexibility index (Phi) is 5.59. The molecule has 3 aromatic rings. The maximum atomic E-state index is 12.3. The zero-order valence-electron chi connectivity index (χ0n) is 13.2. The summed E-state index contributed by atoms with van der Waals surface area (Å²) in [6, 6.07) is 21.7. The molecule has 1 N–H and O–H groups in total. The number of rotatable bonds is 5. The van der Waals surface area contributed by atoms with E-state index in [2.05, 4.69) is 5.32 Å². The molecule has 25 heavy (non-hydrogen) atoms. The molecule has 0 aliphatic heterocycles. The number of halogens is 2. The first-order valence-electron chi connectivity index (χ1n) is 7.65. The molecule has 126 valence electrons. The van der Waals surface area contributed by atoms with E-state index in [0.717, 1.165) is 11.3 Å². The molecule has 0 unspecified atom stereocenters. The molecule has 1 amide bonds. The van der Waals surface area contributed by atoms with Gasteiger partial charge in [0.2, 0.25) is 0 Å². The minimum atomic E-state index is -0.250. The van der Waals surface area contributed by atoms with Crippen LogP contribution in [0.25, 0.3) is 0 Å². The Morgan fingerprint density at radius 2 is 1.64 bits per heavy atom. The number of anilines is 1. The lowest BCUT2D eigenvalue weighted by Crippen LogP contribution is -2.12. The predicted molar refractivity (Wildman–Crippen MR) is 102 cm³/mol. The second-order valence-electron chi connectivity index (χ2n) is 5.38. The summed E-state index contributed by atoms with van der Waals surface area (Å²) in [5, 5.41) is 3.70. The third kappa shape index (κ3) is 4.75. The number of nitrogens with one attached hydrogen (secondary N) is 1. The summed E-state index contributed by atoms with van der Waals surface area (Å²) < 4.78 is 5.68. The number of hydrogen-bond acceptors (Lipinski definition) is 2. The van der Waals surface area contributed by atoms with Crippen molar-refractivity contribution in [2.45, 2.75) is 6.61 Å². The van der Waals surface area contributed by atoms with Crippen molar-refractivity contribution in [1.29, 1.82) is 0 Å². The van der Waals surface area contributed by atoms with Gasteiger partial charge in [0.15, 0.2) is 0 Å². The molecule has 0 bridgehead atoms. The maximum absolute atomic E-state index is 12.3. The highest BCUT2D eigenvalue weighted by molar-refractivity contribution is 6.35. The van der Waals surface area contributed by atoms with Crippen LogP contribution < -0.4 is 10.1 Å². The van der Waals surface area contributed by atoms with Gasteiger partial charge in [0.1, 0.15) is 12.4 Å². The lowest BCUT2D eigenvalue weighted by atomic mass is 10.1. The number of amides is 1. The highest BCUT2D eigenvalue weighted by Gasteiger charge is 2.09. The highest BCUT2D eigenvalue weighted by atomic mass is 35.5. The fourth-order valence-electron chi connectivity index (χ4n) is 2.22. The van der Waals surface area contributed by atoms with E-state index < -0.39 is 0 Å². The van der Waals surface area contributed by atoms with Crippen molar-refractivity contribution < 1.29 is 9.53 Å². The van der Waals surface area contributed by atoms with Crippen molar-refractivity contribution in [2.75, 3.05) is 5.32 Å². The minimum absolute atomic E-state index is 0.250. The third-order valence-electron chi connectivity index (χ3n) is 3.54. The van der Waals surface area contributed by atoms with E-state index in [9.17, 15) is 4.79 Å². The fourth-order valence-corrected chi connectivity index (χ4v) is 2.56. The van der Waals surface area contributed by atoms with Crippen molar-refractivity contribution in [3.8, 4) is 5.75 Å². The molecular weight excluding hydrogens is 357 g/mol. The number of carbonyl (C=O) groups excluding carboxylic acids is 1. The van der Waals surface area contributed by atoms with E-state index in [1.54, 1.807) is 30.3 Å². The quantitative estimate of drug-likeness (QED) is 0.612. The second-order valence-corrected chi connectivity index (χ2v) is 6.22. The first-order valence-corrected chi connectivity index (χ1v) is 8.40. The number of para-hydroxylation sites is 1. The van der Waals surface area contributed by atoms with Gasteiger partial charge in [-0.25, -0.2) is 0 Å². The van der Waals surface area contributed by atoms with Crippen molar-refractivity contribution in [1.82, 2.24) is 0 Å². The van der Waals surface area contributed by atoms with Crippen LogP contribution in [0.1, 0.15) is 15.9 Å². The molecule has 0 aliphatic carbocycles. The van der Waals surface area contributed by atoms with Crippen LogP contribution >= 0.6 is 23.2 Å². The number of carbonyl (C=O) groups is 1. The van der Waals surface area contributed by atoms with Crippen LogP contribution in [0.4, 0.5) is 5.69 Å². The summed E-state index contributed by atoms with van der Waals surface area (Å²) in [4.78, 5) is 12.3. The van der Waals surface area contributed by atoms with Gasteiger partial charge in [0.25, 0.3) is 5.91 Å². The SMILES string of the molecule is O=C(Nc1cc(Cl)ccc1Cl)c1ccc(COc2ccccc2)cc1. The summed E-state index contributed by atoms with van der Waals surface area (Å²) in [6.07, 6.45) is 0. The fraction of sp³-hybridized carbons (Fsp3) is 0.0500. The van der Waals surface area contributed by atoms with Gasteiger partial charge in [0.05, 0.1) is 10.7 Å². The Labute approximate surface area is 156 Å². The van der Waals surface area contributed by atoms with E-state index in [0.29, 0.717) is 27.9 Å². The Balaban J connectivity index is 1.63. The van der Waals surface area contributed by atoms with Gasteiger partial charge in [0, 0.05) is 10.6 Å². The van der Waals surface area contributed by atoms with Gasteiger partial charge in [-0.3, -0.25) is 4.79 Å². The first-order chi connectivity index (χ1) is 12.1. The molecule has 0 saturated heterocycles. The van der Waals surface area contributed by atoms with Crippen molar-refractivity contribution in [2.24, 2.45) is 0 Å². The van der Waals surface area contributed by atoms with Gasteiger partial charge in [-0.15, -0.1) is 0 Å². The lowest BCUT2D eigenvalue weighted by molar-refractivity contribution is 0.102. The van der Waals surface area contributed by atoms with Crippen LogP contribution in [0.3, 0.4) is 0 Å². The van der Waals surface area contributed by atoms with Crippen LogP contribution in [-0.2, 0) is 6.61 Å². The topological polar surface area (TPSA) is 38.3 Å². The van der Waals surface area contributed by atoms with Crippen LogP contribution in [0.2, 0.25) is 10.0 Å². The molecule has 3 nitrogen and oxygen atoms in total. The van der Waals surface area contributed by atoms with Gasteiger partial charge < -0.3 is 10.1 Å². The average molecular weight is 372 g/mol. The smallest absolute Gasteiger partial charge is 0.255 e. The number of hydrogen-bond donors (Lipinski definition) is 1. The third-order valence-corrected chi connectivity index (χ3v) is 4.11. The van der Waals surface area contributed by atoms with Gasteiger partial charge in [-0.05, 0) is 48.0 Å². The van der Waals surface area contributed by atoms with E-state index in [1.165, 1.54) is 0 Å². The molecule has 0 atom stereocenters. The Morgan fingerprint density at radius 3 is 2.36 bits per heavy atom. The lowest BCUT2D eigenvalue weighted by Gasteiger charge is -2.09. The maximum Gasteiger partial charge on any atom is 0.255 e. The Morgan fingerprint density at radius 1 is 0.920 bits per heavy atom. The largest absolute Gasteiger partial charge is 0.489 e. The number of benzene rings is 3. The second kappa shape index (κ2) is 8.06. The molecule has 0 spiro atoms. The molecule has 0 aliphatic rings. The van der Waals surface area contributed by atoms with Crippen LogP contribution in [0.5, 0.6) is 5.75 Å². The molecule has 3 aromatic carbocycles. The molecule has 5 heteroatoms. The van der Waals surface area contributed by atoms with E-state index >= 15 is 0 Å². The molecule has 0 aromatic heterocycles. The average Bonchev–Trinajstić information content (AvgIpc) is 2.64. The zero-order chi connectivity index (χ0) is 17.6.